The third-order valence-electron chi connectivity index (χ3n) is 1.35. The molecule has 1 atom stereocenters. The Labute approximate surface area is 75.2 Å². The van der Waals surface area contributed by atoms with Gasteiger partial charge in [0.15, 0.2) is 0 Å². The lowest BCUT2D eigenvalue weighted by atomic mass is 10.2. The number of hydrogen-bond donors (Lipinski definition) is 2. The van der Waals surface area contributed by atoms with E-state index in [1.165, 1.54) is 12.8 Å². The highest BCUT2D eigenvalue weighted by Crippen LogP contribution is 2.28. The lowest BCUT2D eigenvalue weighted by molar-refractivity contribution is 0.323. The van der Waals surface area contributed by atoms with E-state index in [-0.39, 0.29) is 6.61 Å². The highest BCUT2D eigenvalue weighted by Gasteiger charge is 2.08. The van der Waals surface area contributed by atoms with Crippen LogP contribution in [-0.2, 0) is 0 Å². The predicted molar refractivity (Wildman–Crippen MR) is 52.4 cm³/mol. The van der Waals surface area contributed by atoms with Crippen LogP contribution in [0.1, 0.15) is 12.8 Å². The molecule has 1 aliphatic heterocycles. The van der Waals surface area contributed by atoms with E-state index in [9.17, 15) is 0 Å². The fourth-order valence-electron chi connectivity index (χ4n) is 0.833. The fraction of sp³-hybridized carbons (Fsp3) is 0.714. The van der Waals surface area contributed by atoms with Gasteiger partial charge in [0.05, 0.1) is 12.0 Å². The molecule has 0 radical (unpaired) electrons. The van der Waals surface area contributed by atoms with Gasteiger partial charge < -0.3 is 10.4 Å². The van der Waals surface area contributed by atoms with Crippen LogP contribution in [-0.4, -0.2) is 22.8 Å². The lowest BCUT2D eigenvalue weighted by Gasteiger charge is -2.18. The summed E-state index contributed by atoms with van der Waals surface area (Å²) in [6.45, 7) is 0.278. The summed E-state index contributed by atoms with van der Waals surface area (Å²) >= 11 is 0. The van der Waals surface area contributed by atoms with Crippen LogP contribution in [0.15, 0.2) is 12.3 Å². The van der Waals surface area contributed by atoms with Gasteiger partial charge in [-0.25, -0.2) is 0 Å². The first kappa shape index (κ1) is 9.29. The summed E-state index contributed by atoms with van der Waals surface area (Å²) in [5, 5.41) is 12.3. The van der Waals surface area contributed by atoms with E-state index in [2.05, 4.69) is 11.4 Å². The Kier molecular flexibility index (Phi) is 4.90. The molecular weight excluding hydrogens is 178 g/mol. The minimum absolute atomic E-state index is 0.278. The molecule has 0 unspecified atom stereocenters. The summed E-state index contributed by atoms with van der Waals surface area (Å²) in [5.74, 6) is 0.826. The molecule has 64 valence electrons. The number of allylic oxidation sites excluding steroid dienone is 1. The zero-order valence-electron chi connectivity index (χ0n) is 6.32. The average molecular weight is 191 g/mol. The SMILES string of the molecule is OCCSS[C@H]1CCC=CN1. The Morgan fingerprint density at radius 3 is 3.18 bits per heavy atom. The summed E-state index contributed by atoms with van der Waals surface area (Å²) in [6.07, 6.45) is 6.53. The van der Waals surface area contributed by atoms with Crippen molar-refractivity contribution in [3.8, 4) is 0 Å². The quantitative estimate of drug-likeness (QED) is 0.522. The molecule has 0 spiro atoms. The molecule has 0 aliphatic carbocycles. The van der Waals surface area contributed by atoms with Crippen LogP contribution in [0.25, 0.3) is 0 Å². The van der Waals surface area contributed by atoms with Gasteiger partial charge >= 0.3 is 0 Å². The largest absolute Gasteiger partial charge is 0.395 e. The van der Waals surface area contributed by atoms with E-state index in [1.54, 1.807) is 10.8 Å². The smallest absolute Gasteiger partial charge is 0.0822 e. The first-order valence-corrected chi connectivity index (χ1v) is 6.12. The van der Waals surface area contributed by atoms with E-state index in [1.807, 2.05) is 17.0 Å². The van der Waals surface area contributed by atoms with Gasteiger partial charge in [0.2, 0.25) is 0 Å². The van der Waals surface area contributed by atoms with Crippen LogP contribution in [0.4, 0.5) is 0 Å². The van der Waals surface area contributed by atoms with E-state index in [0.29, 0.717) is 5.37 Å². The molecular formula is C7H13NOS2. The van der Waals surface area contributed by atoms with E-state index in [0.717, 1.165) is 5.75 Å². The number of rotatable bonds is 4. The van der Waals surface area contributed by atoms with E-state index >= 15 is 0 Å². The van der Waals surface area contributed by atoms with Crippen molar-refractivity contribution < 1.29 is 5.11 Å². The van der Waals surface area contributed by atoms with Crippen LogP contribution >= 0.6 is 21.6 Å². The van der Waals surface area contributed by atoms with Gasteiger partial charge in [-0.15, -0.1) is 0 Å². The molecule has 0 saturated carbocycles. The molecule has 2 N–H and O–H groups in total. The topological polar surface area (TPSA) is 32.3 Å². The first-order valence-electron chi connectivity index (χ1n) is 3.73. The molecule has 1 rings (SSSR count). The highest BCUT2D eigenvalue weighted by atomic mass is 33.1. The van der Waals surface area contributed by atoms with Gasteiger partial charge in [0, 0.05) is 5.75 Å². The second-order valence-electron chi connectivity index (χ2n) is 2.28. The number of aliphatic hydroxyl groups is 1. The van der Waals surface area contributed by atoms with E-state index < -0.39 is 0 Å². The maximum absolute atomic E-state index is 8.53. The summed E-state index contributed by atoms with van der Waals surface area (Å²) in [4.78, 5) is 0. The molecule has 0 saturated heterocycles. The minimum atomic E-state index is 0.278. The van der Waals surface area contributed by atoms with Crippen molar-refractivity contribution in [3.05, 3.63) is 12.3 Å². The van der Waals surface area contributed by atoms with Gasteiger partial charge in [-0.3, -0.25) is 0 Å². The molecule has 1 heterocycles. The Morgan fingerprint density at radius 2 is 2.55 bits per heavy atom. The summed E-state index contributed by atoms with van der Waals surface area (Å²) < 4.78 is 0. The standard InChI is InChI=1S/C7H13NOS2/c9-5-6-10-11-7-3-1-2-4-8-7/h2,4,7-9H,1,3,5-6H2/t7-/m0/s1. The molecule has 0 amide bonds. The van der Waals surface area contributed by atoms with Crippen molar-refractivity contribution in [1.82, 2.24) is 5.32 Å². The van der Waals surface area contributed by atoms with Gasteiger partial charge in [0.1, 0.15) is 0 Å². The average Bonchev–Trinajstić information content (AvgIpc) is 2.07. The summed E-state index contributed by atoms with van der Waals surface area (Å²) in [7, 11) is 3.55. The van der Waals surface area contributed by atoms with Crippen molar-refractivity contribution >= 4 is 21.6 Å². The van der Waals surface area contributed by atoms with Crippen molar-refractivity contribution in [1.29, 1.82) is 0 Å². The zero-order chi connectivity index (χ0) is 7.94. The van der Waals surface area contributed by atoms with Crippen LogP contribution in [0.5, 0.6) is 0 Å². The molecule has 0 aromatic carbocycles. The van der Waals surface area contributed by atoms with Gasteiger partial charge in [-0.05, 0) is 19.0 Å². The second kappa shape index (κ2) is 5.80. The zero-order valence-corrected chi connectivity index (χ0v) is 7.96. The summed E-state index contributed by atoms with van der Waals surface area (Å²) in [5.41, 5.74) is 0. The molecule has 11 heavy (non-hydrogen) atoms. The van der Waals surface area contributed by atoms with Crippen LogP contribution < -0.4 is 5.32 Å². The molecule has 0 fully saturated rings. The minimum Gasteiger partial charge on any atom is -0.395 e. The van der Waals surface area contributed by atoms with E-state index in [4.69, 9.17) is 5.11 Å². The Hall–Kier alpha value is 0.200. The summed E-state index contributed by atoms with van der Waals surface area (Å²) in [6, 6.07) is 0. The molecule has 2 nitrogen and oxygen atoms in total. The maximum Gasteiger partial charge on any atom is 0.0822 e. The van der Waals surface area contributed by atoms with Crippen LogP contribution in [0.2, 0.25) is 0 Å². The molecule has 1 aliphatic rings. The molecule has 0 aromatic rings. The Morgan fingerprint density at radius 1 is 1.64 bits per heavy atom. The second-order valence-corrected chi connectivity index (χ2v) is 4.97. The Bertz CT molecular complexity index is 130. The van der Waals surface area contributed by atoms with Crippen molar-refractivity contribution in [2.45, 2.75) is 18.2 Å². The number of aliphatic hydroxyl groups excluding tert-OH is 1. The monoisotopic (exact) mass is 191 g/mol. The molecule has 0 bridgehead atoms. The normalized spacial score (nSPS) is 23.2. The van der Waals surface area contributed by atoms with Crippen LogP contribution in [0, 0.1) is 0 Å². The molecule has 0 aromatic heterocycles. The fourth-order valence-corrected chi connectivity index (χ4v) is 2.99. The Balaban J connectivity index is 2.02. The third kappa shape index (κ3) is 3.94. The van der Waals surface area contributed by atoms with Crippen molar-refractivity contribution in [3.63, 3.8) is 0 Å². The van der Waals surface area contributed by atoms with Crippen LogP contribution in [0.3, 0.4) is 0 Å². The maximum atomic E-state index is 8.53. The van der Waals surface area contributed by atoms with Gasteiger partial charge in [-0.1, -0.05) is 27.7 Å². The third-order valence-corrected chi connectivity index (χ3v) is 4.05. The van der Waals surface area contributed by atoms with Crippen molar-refractivity contribution in [2.24, 2.45) is 0 Å². The molecule has 4 heteroatoms. The first-order chi connectivity index (χ1) is 5.43. The van der Waals surface area contributed by atoms with Gasteiger partial charge in [-0.2, -0.15) is 0 Å². The lowest BCUT2D eigenvalue weighted by Crippen LogP contribution is -2.22. The number of hydrogen-bond acceptors (Lipinski definition) is 4. The predicted octanol–water partition coefficient (Wildman–Crippen LogP) is 1.58. The highest BCUT2D eigenvalue weighted by molar-refractivity contribution is 8.76. The van der Waals surface area contributed by atoms with Crippen molar-refractivity contribution in [2.75, 3.05) is 12.4 Å². The number of nitrogens with one attached hydrogen (secondary N) is 1. The van der Waals surface area contributed by atoms with Gasteiger partial charge in [0.25, 0.3) is 0 Å².